The largest absolute Gasteiger partial charge is 0.496 e. The first-order chi connectivity index (χ1) is 8.71. The van der Waals surface area contributed by atoms with E-state index in [4.69, 9.17) is 19.9 Å². The van der Waals surface area contributed by atoms with Crippen LogP contribution >= 0.6 is 0 Å². The highest BCUT2D eigenvalue weighted by atomic mass is 16.5. The molecular formula is C13H14N2O3. The van der Waals surface area contributed by atoms with Crippen LogP contribution in [0.2, 0.25) is 0 Å². The van der Waals surface area contributed by atoms with Crippen LogP contribution in [0.25, 0.3) is 0 Å². The molecular weight excluding hydrogens is 232 g/mol. The van der Waals surface area contributed by atoms with Gasteiger partial charge in [-0.1, -0.05) is 0 Å². The van der Waals surface area contributed by atoms with E-state index in [-0.39, 0.29) is 0 Å². The Morgan fingerprint density at radius 2 is 1.50 bits per heavy atom. The molecule has 0 amide bonds. The Bertz CT molecular complexity index is 504. The number of pyridine rings is 1. The van der Waals surface area contributed by atoms with Gasteiger partial charge in [-0.2, -0.15) is 0 Å². The lowest BCUT2D eigenvalue weighted by Crippen LogP contribution is -1.92. The first kappa shape index (κ1) is 12.0. The highest BCUT2D eigenvalue weighted by Gasteiger charge is 2.04. The summed E-state index contributed by atoms with van der Waals surface area (Å²) in [5.74, 6) is 2.98. The standard InChI is InChI=1S/C13H14N2O3/c1-16-10-5-11(17-2)7-12(6-10)18-9-3-4-13(14)15-8-9/h3-8H,1-2H3,(H2,14,15). The van der Waals surface area contributed by atoms with Gasteiger partial charge in [0.2, 0.25) is 0 Å². The topological polar surface area (TPSA) is 66.6 Å². The molecule has 5 nitrogen and oxygen atoms in total. The third kappa shape index (κ3) is 2.82. The van der Waals surface area contributed by atoms with E-state index >= 15 is 0 Å². The average Bonchev–Trinajstić information content (AvgIpc) is 2.41. The summed E-state index contributed by atoms with van der Waals surface area (Å²) in [7, 11) is 3.17. The monoisotopic (exact) mass is 246 g/mol. The Morgan fingerprint density at radius 1 is 0.889 bits per heavy atom. The molecule has 0 saturated carbocycles. The molecule has 0 saturated heterocycles. The van der Waals surface area contributed by atoms with Crippen molar-refractivity contribution in [2.45, 2.75) is 0 Å². The molecule has 94 valence electrons. The Hall–Kier alpha value is -2.43. The van der Waals surface area contributed by atoms with Gasteiger partial charge in [0.1, 0.15) is 28.8 Å². The maximum absolute atomic E-state index is 5.64. The average molecular weight is 246 g/mol. The van der Waals surface area contributed by atoms with Crippen molar-refractivity contribution in [1.29, 1.82) is 0 Å². The number of nitrogens with two attached hydrogens (primary N) is 1. The summed E-state index contributed by atoms with van der Waals surface area (Å²) in [6, 6.07) is 8.72. The molecule has 18 heavy (non-hydrogen) atoms. The Balaban J connectivity index is 2.25. The quantitative estimate of drug-likeness (QED) is 0.897. The molecule has 1 heterocycles. The molecule has 0 fully saturated rings. The molecule has 0 bridgehead atoms. The van der Waals surface area contributed by atoms with Crippen molar-refractivity contribution in [2.75, 3.05) is 20.0 Å². The van der Waals surface area contributed by atoms with Gasteiger partial charge in [0, 0.05) is 18.2 Å². The zero-order valence-electron chi connectivity index (χ0n) is 10.2. The number of hydrogen-bond acceptors (Lipinski definition) is 5. The van der Waals surface area contributed by atoms with Gasteiger partial charge in [0.15, 0.2) is 0 Å². The minimum atomic E-state index is 0.450. The predicted molar refractivity (Wildman–Crippen MR) is 68.3 cm³/mol. The first-order valence-electron chi connectivity index (χ1n) is 5.33. The number of methoxy groups -OCH3 is 2. The van der Waals surface area contributed by atoms with E-state index in [0.717, 1.165) is 0 Å². The van der Waals surface area contributed by atoms with Crippen LogP contribution in [0.4, 0.5) is 5.82 Å². The molecule has 0 atom stereocenters. The van der Waals surface area contributed by atoms with E-state index in [9.17, 15) is 0 Å². The van der Waals surface area contributed by atoms with E-state index < -0.39 is 0 Å². The van der Waals surface area contributed by atoms with Crippen LogP contribution in [0.5, 0.6) is 23.0 Å². The fourth-order valence-corrected chi connectivity index (χ4v) is 1.43. The second-order valence-electron chi connectivity index (χ2n) is 3.57. The molecule has 2 aromatic rings. The fourth-order valence-electron chi connectivity index (χ4n) is 1.43. The summed E-state index contributed by atoms with van der Waals surface area (Å²) in [6.45, 7) is 0. The van der Waals surface area contributed by atoms with Crippen molar-refractivity contribution >= 4 is 5.82 Å². The van der Waals surface area contributed by atoms with Gasteiger partial charge in [0.25, 0.3) is 0 Å². The molecule has 5 heteroatoms. The molecule has 2 rings (SSSR count). The van der Waals surface area contributed by atoms with Crippen LogP contribution in [-0.2, 0) is 0 Å². The minimum absolute atomic E-state index is 0.450. The van der Waals surface area contributed by atoms with Crippen molar-refractivity contribution in [3.63, 3.8) is 0 Å². The molecule has 0 unspecified atom stereocenters. The number of nitrogens with zero attached hydrogens (tertiary/aromatic N) is 1. The predicted octanol–water partition coefficient (Wildman–Crippen LogP) is 2.47. The molecule has 1 aromatic carbocycles. The van der Waals surface area contributed by atoms with Crippen molar-refractivity contribution in [3.05, 3.63) is 36.5 Å². The van der Waals surface area contributed by atoms with E-state index in [2.05, 4.69) is 4.98 Å². The van der Waals surface area contributed by atoms with Crippen molar-refractivity contribution < 1.29 is 14.2 Å². The molecule has 0 aliphatic carbocycles. The van der Waals surface area contributed by atoms with Gasteiger partial charge in [-0.25, -0.2) is 4.98 Å². The van der Waals surface area contributed by atoms with E-state index in [1.807, 2.05) is 0 Å². The SMILES string of the molecule is COc1cc(OC)cc(Oc2ccc(N)nc2)c1. The maximum Gasteiger partial charge on any atom is 0.145 e. The van der Waals surface area contributed by atoms with Crippen LogP contribution in [-0.4, -0.2) is 19.2 Å². The van der Waals surface area contributed by atoms with Crippen LogP contribution in [0.15, 0.2) is 36.5 Å². The van der Waals surface area contributed by atoms with Gasteiger partial charge in [0.05, 0.1) is 20.4 Å². The number of nitrogen functional groups attached to an aromatic ring is 1. The summed E-state index contributed by atoms with van der Waals surface area (Å²) < 4.78 is 16.0. The summed E-state index contributed by atoms with van der Waals surface area (Å²) in [5, 5.41) is 0. The second kappa shape index (κ2) is 5.27. The van der Waals surface area contributed by atoms with E-state index in [1.165, 1.54) is 0 Å². The van der Waals surface area contributed by atoms with Crippen LogP contribution in [0.3, 0.4) is 0 Å². The minimum Gasteiger partial charge on any atom is -0.496 e. The first-order valence-corrected chi connectivity index (χ1v) is 5.33. The Morgan fingerprint density at radius 3 is 2.00 bits per heavy atom. The number of aromatic nitrogens is 1. The highest BCUT2D eigenvalue weighted by molar-refractivity contribution is 5.44. The van der Waals surface area contributed by atoms with Crippen LogP contribution in [0, 0.1) is 0 Å². The molecule has 0 spiro atoms. The smallest absolute Gasteiger partial charge is 0.145 e. The third-order valence-corrected chi connectivity index (χ3v) is 2.32. The Kier molecular flexibility index (Phi) is 3.52. The third-order valence-electron chi connectivity index (χ3n) is 2.32. The summed E-state index contributed by atoms with van der Waals surface area (Å²) in [4.78, 5) is 3.95. The summed E-state index contributed by atoms with van der Waals surface area (Å²) in [6.07, 6.45) is 1.56. The van der Waals surface area contributed by atoms with Crippen molar-refractivity contribution in [2.24, 2.45) is 0 Å². The number of anilines is 1. The lowest BCUT2D eigenvalue weighted by atomic mass is 10.3. The van der Waals surface area contributed by atoms with Gasteiger partial charge in [-0.3, -0.25) is 0 Å². The van der Waals surface area contributed by atoms with Gasteiger partial charge in [-0.05, 0) is 12.1 Å². The highest BCUT2D eigenvalue weighted by Crippen LogP contribution is 2.30. The van der Waals surface area contributed by atoms with Gasteiger partial charge >= 0.3 is 0 Å². The van der Waals surface area contributed by atoms with Crippen LogP contribution < -0.4 is 19.9 Å². The number of ether oxygens (including phenoxy) is 3. The van der Waals surface area contributed by atoms with E-state index in [0.29, 0.717) is 28.8 Å². The number of hydrogen-bond donors (Lipinski definition) is 1. The molecule has 0 radical (unpaired) electrons. The normalized spacial score (nSPS) is 9.89. The zero-order chi connectivity index (χ0) is 13.0. The fraction of sp³-hybridized carbons (Fsp3) is 0.154. The maximum atomic E-state index is 5.64. The zero-order valence-corrected chi connectivity index (χ0v) is 10.2. The molecule has 1 aromatic heterocycles. The van der Waals surface area contributed by atoms with Gasteiger partial charge in [-0.15, -0.1) is 0 Å². The van der Waals surface area contributed by atoms with Gasteiger partial charge < -0.3 is 19.9 Å². The summed E-state index contributed by atoms with van der Waals surface area (Å²) >= 11 is 0. The summed E-state index contributed by atoms with van der Waals surface area (Å²) in [5.41, 5.74) is 5.50. The lowest BCUT2D eigenvalue weighted by Gasteiger charge is -2.09. The molecule has 0 aliphatic rings. The molecule has 2 N–H and O–H groups in total. The molecule has 0 aliphatic heterocycles. The lowest BCUT2D eigenvalue weighted by molar-refractivity contribution is 0.386. The Labute approximate surface area is 105 Å². The van der Waals surface area contributed by atoms with Crippen molar-refractivity contribution in [3.8, 4) is 23.0 Å². The van der Waals surface area contributed by atoms with E-state index in [1.54, 1.807) is 50.7 Å². The van der Waals surface area contributed by atoms with Crippen LogP contribution in [0.1, 0.15) is 0 Å². The van der Waals surface area contributed by atoms with Crippen molar-refractivity contribution in [1.82, 2.24) is 4.98 Å². The number of rotatable bonds is 4. The number of benzene rings is 1. The second-order valence-corrected chi connectivity index (χ2v) is 3.57.